The average Bonchev–Trinajstić information content (AvgIpc) is 3.23. The molecule has 1 aromatic carbocycles. The van der Waals surface area contributed by atoms with Gasteiger partial charge in [0.15, 0.2) is 0 Å². The Morgan fingerprint density at radius 1 is 1.30 bits per heavy atom. The number of fused-ring (bicyclic) bond motifs is 1. The second kappa shape index (κ2) is 4.81. The summed E-state index contributed by atoms with van der Waals surface area (Å²) in [5.41, 5.74) is 0.970. The lowest BCUT2D eigenvalue weighted by Crippen LogP contribution is -2.41. The molecule has 0 bridgehead atoms. The minimum absolute atomic E-state index is 0.0510. The van der Waals surface area contributed by atoms with E-state index in [0.29, 0.717) is 19.6 Å². The molecular weight excluding hydrogens is 258 g/mol. The molecule has 1 N–H and O–H groups in total. The quantitative estimate of drug-likeness (QED) is 0.888. The Bertz CT molecular complexity index is 557. The molecule has 3 atom stereocenters. The highest BCUT2D eigenvalue weighted by Crippen LogP contribution is 2.41. The van der Waals surface area contributed by atoms with E-state index in [9.17, 15) is 9.59 Å². The smallest absolute Gasteiger partial charge is 0.307 e. The zero-order chi connectivity index (χ0) is 14.3. The van der Waals surface area contributed by atoms with Gasteiger partial charge in [0.1, 0.15) is 12.4 Å². The van der Waals surface area contributed by atoms with Crippen LogP contribution in [-0.2, 0) is 16.1 Å². The van der Waals surface area contributed by atoms with Crippen LogP contribution in [0.3, 0.4) is 0 Å². The lowest BCUT2D eigenvalue weighted by Gasteiger charge is -2.26. The van der Waals surface area contributed by atoms with Crippen LogP contribution in [0.2, 0.25) is 0 Å². The Morgan fingerprint density at radius 2 is 2.05 bits per heavy atom. The number of carbonyl (C=O) groups excluding carboxylic acids is 1. The maximum Gasteiger partial charge on any atom is 0.307 e. The van der Waals surface area contributed by atoms with Crippen molar-refractivity contribution in [2.75, 3.05) is 6.61 Å². The lowest BCUT2D eigenvalue weighted by atomic mass is 10.1. The van der Waals surface area contributed by atoms with Gasteiger partial charge in [-0.3, -0.25) is 9.59 Å². The highest BCUT2D eigenvalue weighted by atomic mass is 16.5. The molecule has 5 heteroatoms. The van der Waals surface area contributed by atoms with Crippen LogP contribution < -0.4 is 4.74 Å². The van der Waals surface area contributed by atoms with Crippen molar-refractivity contribution in [2.45, 2.75) is 25.9 Å². The number of rotatable bonds is 2. The minimum Gasteiger partial charge on any atom is -0.491 e. The highest BCUT2D eigenvalue weighted by Gasteiger charge is 2.50. The predicted octanol–water partition coefficient (Wildman–Crippen LogP) is 1.52. The average molecular weight is 275 g/mol. The normalized spacial score (nSPS) is 28.1. The number of aliphatic carboxylic acids is 1. The molecule has 1 aliphatic heterocycles. The number of benzene rings is 1. The van der Waals surface area contributed by atoms with E-state index in [2.05, 4.69) is 0 Å². The first-order valence-electron chi connectivity index (χ1n) is 6.82. The number of carbonyl (C=O) groups is 2. The van der Waals surface area contributed by atoms with Gasteiger partial charge in [0.2, 0.25) is 5.91 Å². The Balaban J connectivity index is 1.79. The topological polar surface area (TPSA) is 66.8 Å². The molecule has 1 aromatic rings. The van der Waals surface area contributed by atoms with Crippen molar-refractivity contribution in [3.05, 3.63) is 29.8 Å². The molecule has 0 radical (unpaired) electrons. The number of carboxylic acids is 1. The molecule has 1 aliphatic carbocycles. The summed E-state index contributed by atoms with van der Waals surface area (Å²) < 4.78 is 5.71. The van der Waals surface area contributed by atoms with Crippen molar-refractivity contribution < 1.29 is 19.4 Å². The summed E-state index contributed by atoms with van der Waals surface area (Å²) in [5.74, 6) is -0.998. The Hall–Kier alpha value is -2.04. The summed E-state index contributed by atoms with van der Waals surface area (Å²) in [6.45, 7) is 2.86. The van der Waals surface area contributed by atoms with Crippen LogP contribution in [0, 0.1) is 11.8 Å². The number of nitrogens with zero attached hydrogens (tertiary/aromatic N) is 1. The van der Waals surface area contributed by atoms with Gasteiger partial charge in [-0.2, -0.15) is 0 Å². The van der Waals surface area contributed by atoms with Crippen LogP contribution >= 0.6 is 0 Å². The molecule has 20 heavy (non-hydrogen) atoms. The maximum atomic E-state index is 12.5. The predicted molar refractivity (Wildman–Crippen MR) is 71.2 cm³/mol. The van der Waals surface area contributed by atoms with Crippen molar-refractivity contribution in [3.8, 4) is 5.75 Å². The largest absolute Gasteiger partial charge is 0.491 e. The summed E-state index contributed by atoms with van der Waals surface area (Å²) in [6.07, 6.45) is 0.458. The molecule has 3 rings (SSSR count). The van der Waals surface area contributed by atoms with Gasteiger partial charge in [-0.25, -0.2) is 0 Å². The highest BCUT2D eigenvalue weighted by molar-refractivity contribution is 5.89. The second-order valence-electron chi connectivity index (χ2n) is 5.52. The van der Waals surface area contributed by atoms with E-state index in [4.69, 9.17) is 9.84 Å². The number of hydrogen-bond donors (Lipinski definition) is 1. The van der Waals surface area contributed by atoms with Gasteiger partial charge in [0.25, 0.3) is 0 Å². The number of hydrogen-bond acceptors (Lipinski definition) is 3. The Kier molecular flexibility index (Phi) is 3.12. The maximum absolute atomic E-state index is 12.5. The first-order chi connectivity index (χ1) is 9.58. The molecule has 1 fully saturated rings. The number of carboxylic acid groups (broad SMARTS) is 1. The van der Waals surface area contributed by atoms with E-state index >= 15 is 0 Å². The molecular formula is C15H17NO4. The molecule has 3 unspecified atom stereocenters. The zero-order valence-electron chi connectivity index (χ0n) is 11.3. The second-order valence-corrected chi connectivity index (χ2v) is 5.52. The van der Waals surface area contributed by atoms with E-state index in [0.717, 1.165) is 11.3 Å². The van der Waals surface area contributed by atoms with Gasteiger partial charge in [0, 0.05) is 12.1 Å². The summed E-state index contributed by atoms with van der Waals surface area (Å²) in [4.78, 5) is 25.1. The summed E-state index contributed by atoms with van der Waals surface area (Å²) in [7, 11) is 0. The third kappa shape index (κ3) is 2.24. The zero-order valence-corrected chi connectivity index (χ0v) is 11.3. The van der Waals surface area contributed by atoms with E-state index in [1.165, 1.54) is 0 Å². The summed E-state index contributed by atoms with van der Waals surface area (Å²) >= 11 is 0. The third-order valence-corrected chi connectivity index (χ3v) is 4.03. The monoisotopic (exact) mass is 275 g/mol. The van der Waals surface area contributed by atoms with Crippen LogP contribution in [0.15, 0.2) is 24.3 Å². The van der Waals surface area contributed by atoms with Crippen LogP contribution in [0.4, 0.5) is 0 Å². The van der Waals surface area contributed by atoms with Gasteiger partial charge in [-0.1, -0.05) is 18.2 Å². The van der Waals surface area contributed by atoms with Crippen molar-refractivity contribution in [3.63, 3.8) is 0 Å². The molecule has 1 amide bonds. The number of ether oxygens (including phenoxy) is 1. The standard InChI is InChI=1S/C15H17NO4/c1-9-8-20-13-5-3-2-4-10(13)7-16(9)14(17)11-6-12(11)15(18)19/h2-5,9,11-12H,6-8H2,1H3,(H,18,19). The van der Waals surface area contributed by atoms with E-state index < -0.39 is 11.9 Å². The fraction of sp³-hybridized carbons (Fsp3) is 0.467. The molecule has 0 saturated heterocycles. The molecule has 0 spiro atoms. The first kappa shape index (κ1) is 13.0. The van der Waals surface area contributed by atoms with Gasteiger partial charge in [-0.15, -0.1) is 0 Å². The van der Waals surface area contributed by atoms with Gasteiger partial charge in [-0.05, 0) is 19.4 Å². The van der Waals surface area contributed by atoms with Crippen LogP contribution in [0.25, 0.3) is 0 Å². The van der Waals surface area contributed by atoms with Gasteiger partial charge >= 0.3 is 5.97 Å². The van der Waals surface area contributed by atoms with E-state index in [1.54, 1.807) is 4.90 Å². The van der Waals surface area contributed by atoms with Gasteiger partial charge in [0.05, 0.1) is 17.9 Å². The SMILES string of the molecule is CC1COc2ccccc2CN1C(=O)C1CC1C(=O)O. The summed E-state index contributed by atoms with van der Waals surface area (Å²) in [5, 5.41) is 8.95. The molecule has 106 valence electrons. The van der Waals surface area contributed by atoms with E-state index in [-0.39, 0.29) is 17.9 Å². The minimum atomic E-state index is -0.873. The number of para-hydroxylation sites is 1. The molecule has 5 nitrogen and oxygen atoms in total. The van der Waals surface area contributed by atoms with Crippen molar-refractivity contribution in [1.82, 2.24) is 4.90 Å². The van der Waals surface area contributed by atoms with Crippen molar-refractivity contribution >= 4 is 11.9 Å². The Labute approximate surface area is 117 Å². The van der Waals surface area contributed by atoms with Gasteiger partial charge < -0.3 is 14.7 Å². The fourth-order valence-corrected chi connectivity index (χ4v) is 2.66. The lowest BCUT2D eigenvalue weighted by molar-refractivity contribution is -0.143. The molecule has 1 heterocycles. The number of amides is 1. The van der Waals surface area contributed by atoms with Crippen molar-refractivity contribution in [1.29, 1.82) is 0 Å². The fourth-order valence-electron chi connectivity index (χ4n) is 2.66. The summed E-state index contributed by atoms with van der Waals surface area (Å²) in [6, 6.07) is 7.60. The van der Waals surface area contributed by atoms with Crippen molar-refractivity contribution in [2.24, 2.45) is 11.8 Å². The molecule has 2 aliphatic rings. The molecule has 0 aromatic heterocycles. The van der Waals surface area contributed by atoms with Crippen LogP contribution in [-0.4, -0.2) is 34.5 Å². The molecule has 1 saturated carbocycles. The Morgan fingerprint density at radius 3 is 2.75 bits per heavy atom. The first-order valence-corrected chi connectivity index (χ1v) is 6.82. The third-order valence-electron chi connectivity index (χ3n) is 4.03. The van der Waals surface area contributed by atoms with Crippen LogP contribution in [0.5, 0.6) is 5.75 Å². The van der Waals surface area contributed by atoms with Crippen LogP contribution in [0.1, 0.15) is 18.9 Å². The van der Waals surface area contributed by atoms with E-state index in [1.807, 2.05) is 31.2 Å².